The maximum absolute atomic E-state index is 3.69. The molecule has 0 radical (unpaired) electrons. The lowest BCUT2D eigenvalue weighted by atomic mass is 10.3. The Balaban J connectivity index is 3.22. The number of hydrogen-bond donors (Lipinski definition) is 1. The van der Waals surface area contributed by atoms with Crippen LogP contribution in [-0.2, 0) is 0 Å². The van der Waals surface area contributed by atoms with E-state index in [-0.39, 0.29) is 0 Å². The van der Waals surface area contributed by atoms with Crippen LogP contribution in [0.2, 0.25) is 0 Å². The van der Waals surface area contributed by atoms with Crippen LogP contribution in [0.5, 0.6) is 0 Å². The molecule has 0 spiro atoms. The van der Waals surface area contributed by atoms with Crippen LogP contribution < -0.4 is 10.6 Å². The molecule has 0 unspecified atom stereocenters. The van der Waals surface area contributed by atoms with Crippen molar-refractivity contribution in [3.05, 3.63) is 35.0 Å². The highest BCUT2D eigenvalue weighted by molar-refractivity contribution is 5.30. The summed E-state index contributed by atoms with van der Waals surface area (Å²) in [6, 6.07) is 2.15. The van der Waals surface area contributed by atoms with Crippen molar-refractivity contribution >= 4 is 12.2 Å². The molecule has 0 aliphatic carbocycles. The van der Waals surface area contributed by atoms with Gasteiger partial charge in [-0.2, -0.15) is 0 Å². The Morgan fingerprint density at radius 2 is 2.33 bits per heavy atom. The number of hydrogen-bond acceptors (Lipinski definition) is 0. The number of aromatic amines is 1. The molecule has 1 rings (SSSR count). The van der Waals surface area contributed by atoms with Gasteiger partial charge in [-0.05, 0) is 31.6 Å². The zero-order valence-corrected chi connectivity index (χ0v) is 7.72. The van der Waals surface area contributed by atoms with E-state index in [1.165, 1.54) is 16.3 Å². The van der Waals surface area contributed by atoms with Crippen LogP contribution in [-0.4, -0.2) is 4.98 Å². The molecular weight excluding hydrogens is 146 g/mol. The Kier molecular flexibility index (Phi) is 2.92. The lowest BCUT2D eigenvalue weighted by molar-refractivity contribution is 1.21. The van der Waals surface area contributed by atoms with Crippen LogP contribution in [0.4, 0.5) is 0 Å². The fourth-order valence-corrected chi connectivity index (χ4v) is 1.25. The average Bonchev–Trinajstić information content (AvgIpc) is 2.42. The number of aryl methyl sites for hydroxylation is 1. The number of rotatable bonds is 2. The van der Waals surface area contributed by atoms with Gasteiger partial charge in [0.05, 0.1) is 0 Å². The van der Waals surface area contributed by atoms with E-state index in [2.05, 4.69) is 36.7 Å². The second-order valence-corrected chi connectivity index (χ2v) is 2.84. The molecular formula is C11H15N. The molecule has 0 amide bonds. The predicted molar refractivity (Wildman–Crippen MR) is 54.2 cm³/mol. The van der Waals surface area contributed by atoms with E-state index >= 15 is 0 Å². The van der Waals surface area contributed by atoms with Crippen molar-refractivity contribution in [1.29, 1.82) is 0 Å². The van der Waals surface area contributed by atoms with E-state index in [4.69, 9.17) is 0 Å². The number of allylic oxidation sites excluding steroid dienone is 1. The smallest absolute Gasteiger partial charge is 0.0409 e. The third kappa shape index (κ3) is 1.88. The van der Waals surface area contributed by atoms with Gasteiger partial charge in [-0.15, -0.1) is 6.58 Å². The molecule has 1 heteroatoms. The van der Waals surface area contributed by atoms with E-state index < -0.39 is 0 Å². The zero-order chi connectivity index (χ0) is 8.97. The first-order chi connectivity index (χ1) is 5.77. The monoisotopic (exact) mass is 161 g/mol. The second-order valence-electron chi connectivity index (χ2n) is 2.84. The summed E-state index contributed by atoms with van der Waals surface area (Å²) in [5.41, 5.74) is 1.21. The largest absolute Gasteiger partial charge is 0.359 e. The Morgan fingerprint density at radius 3 is 2.92 bits per heavy atom. The van der Waals surface area contributed by atoms with Crippen LogP contribution in [0.15, 0.2) is 18.7 Å². The molecule has 0 fully saturated rings. The van der Waals surface area contributed by atoms with E-state index in [1.54, 1.807) is 0 Å². The maximum Gasteiger partial charge on any atom is 0.0409 e. The fourth-order valence-electron chi connectivity index (χ4n) is 1.25. The molecule has 1 aromatic heterocycles. The van der Waals surface area contributed by atoms with Gasteiger partial charge in [-0.3, -0.25) is 0 Å². The van der Waals surface area contributed by atoms with Gasteiger partial charge < -0.3 is 4.98 Å². The summed E-state index contributed by atoms with van der Waals surface area (Å²) < 4.78 is 0. The Morgan fingerprint density at radius 1 is 1.58 bits per heavy atom. The quantitative estimate of drug-likeness (QED) is 0.632. The van der Waals surface area contributed by atoms with Crippen molar-refractivity contribution in [3.63, 3.8) is 0 Å². The molecule has 0 saturated heterocycles. The predicted octanol–water partition coefficient (Wildman–Crippen LogP) is 1.48. The normalized spacial score (nSPS) is 13.8. The lowest BCUT2D eigenvalue weighted by Crippen LogP contribution is -2.21. The molecule has 1 nitrogen and oxygen atoms in total. The molecule has 64 valence electrons. The van der Waals surface area contributed by atoms with Gasteiger partial charge in [0.25, 0.3) is 0 Å². The molecule has 0 aromatic carbocycles. The summed E-state index contributed by atoms with van der Waals surface area (Å²) >= 11 is 0. The first kappa shape index (κ1) is 8.85. The van der Waals surface area contributed by atoms with Crippen LogP contribution >= 0.6 is 0 Å². The summed E-state index contributed by atoms with van der Waals surface area (Å²) in [6.45, 7) is 7.79. The first-order valence-electron chi connectivity index (χ1n) is 4.21. The fraction of sp³-hybridized carbons (Fsp3) is 0.273. The molecule has 0 aliphatic heterocycles. The summed E-state index contributed by atoms with van der Waals surface area (Å²) in [7, 11) is 0. The van der Waals surface area contributed by atoms with E-state index in [0.29, 0.717) is 0 Å². The molecule has 1 N–H and O–H groups in total. The second kappa shape index (κ2) is 3.96. The summed E-state index contributed by atoms with van der Waals surface area (Å²) in [6.07, 6.45) is 7.09. The topological polar surface area (TPSA) is 15.8 Å². The highest BCUT2D eigenvalue weighted by Crippen LogP contribution is 1.83. The molecule has 0 aliphatic rings. The van der Waals surface area contributed by atoms with Crippen LogP contribution in [0.25, 0.3) is 12.2 Å². The van der Waals surface area contributed by atoms with Crippen LogP contribution in [0.3, 0.4) is 0 Å². The summed E-state index contributed by atoms with van der Waals surface area (Å²) in [5, 5.41) is 2.48. The maximum atomic E-state index is 3.69. The molecule has 0 atom stereocenters. The zero-order valence-electron chi connectivity index (χ0n) is 7.72. The van der Waals surface area contributed by atoms with Gasteiger partial charge in [0.15, 0.2) is 0 Å². The van der Waals surface area contributed by atoms with Crippen molar-refractivity contribution in [3.8, 4) is 0 Å². The summed E-state index contributed by atoms with van der Waals surface area (Å²) in [5.74, 6) is 0. The van der Waals surface area contributed by atoms with Gasteiger partial charge in [0.2, 0.25) is 0 Å². The van der Waals surface area contributed by atoms with E-state index in [9.17, 15) is 0 Å². The van der Waals surface area contributed by atoms with Gasteiger partial charge in [-0.1, -0.05) is 18.2 Å². The number of aromatic nitrogens is 1. The lowest BCUT2D eigenvalue weighted by Gasteiger charge is -1.78. The highest BCUT2D eigenvalue weighted by atomic mass is 14.7. The van der Waals surface area contributed by atoms with Gasteiger partial charge >= 0.3 is 0 Å². The van der Waals surface area contributed by atoms with E-state index in [1.807, 2.05) is 13.0 Å². The van der Waals surface area contributed by atoms with Crippen molar-refractivity contribution in [2.45, 2.75) is 20.3 Å². The standard InChI is InChI=1S/C11H15N/c1-4-6-7-10-8-9(3)12-11(10)5-2/h4-5,7-8,12H,1,6H2,2-3H3/b10-7-,11-5+. The Hall–Kier alpha value is -1.24. The Labute approximate surface area is 73.1 Å². The molecule has 12 heavy (non-hydrogen) atoms. The summed E-state index contributed by atoms with van der Waals surface area (Å²) in [4.78, 5) is 3.28. The average molecular weight is 161 g/mol. The minimum absolute atomic E-state index is 0.929. The van der Waals surface area contributed by atoms with Crippen molar-refractivity contribution in [1.82, 2.24) is 4.98 Å². The van der Waals surface area contributed by atoms with Gasteiger partial charge in [0, 0.05) is 11.0 Å². The number of nitrogens with one attached hydrogen (secondary N) is 1. The molecule has 1 heterocycles. The SMILES string of the molecule is C=CC/C=c1/cc(C)[nH]/c1=C/C. The highest BCUT2D eigenvalue weighted by Gasteiger charge is 1.87. The first-order valence-corrected chi connectivity index (χ1v) is 4.21. The van der Waals surface area contributed by atoms with Gasteiger partial charge in [0.1, 0.15) is 0 Å². The minimum Gasteiger partial charge on any atom is -0.359 e. The van der Waals surface area contributed by atoms with Crippen LogP contribution in [0.1, 0.15) is 19.0 Å². The van der Waals surface area contributed by atoms with Crippen molar-refractivity contribution < 1.29 is 0 Å². The molecule has 1 aromatic rings. The third-order valence-corrected chi connectivity index (χ3v) is 1.81. The number of H-pyrrole nitrogens is 1. The van der Waals surface area contributed by atoms with E-state index in [0.717, 1.165) is 6.42 Å². The third-order valence-electron chi connectivity index (χ3n) is 1.81. The van der Waals surface area contributed by atoms with Crippen LogP contribution in [0, 0.1) is 6.92 Å². The van der Waals surface area contributed by atoms with Crippen molar-refractivity contribution in [2.75, 3.05) is 0 Å². The van der Waals surface area contributed by atoms with Gasteiger partial charge in [-0.25, -0.2) is 0 Å². The van der Waals surface area contributed by atoms with Crippen molar-refractivity contribution in [2.24, 2.45) is 0 Å². The molecule has 0 bridgehead atoms. The Bertz CT molecular complexity index is 368. The molecule has 0 saturated carbocycles. The minimum atomic E-state index is 0.929.